The number of nitrogens with one attached hydrogen (secondary N) is 1. The molecular weight excluding hydrogens is 434 g/mol. The Morgan fingerprint density at radius 2 is 1.66 bits per heavy atom. The van der Waals surface area contributed by atoms with E-state index in [-0.39, 0.29) is 6.10 Å². The van der Waals surface area contributed by atoms with Gasteiger partial charge in [-0.15, -0.1) is 0 Å². The van der Waals surface area contributed by atoms with E-state index >= 15 is 0 Å². The first-order valence-corrected chi connectivity index (χ1v) is 11.9. The first-order chi connectivity index (χ1) is 17.0. The summed E-state index contributed by atoms with van der Waals surface area (Å²) in [6.45, 7) is 8.77. The van der Waals surface area contributed by atoms with E-state index in [9.17, 15) is 0 Å². The Labute approximate surface area is 205 Å². The number of benzene rings is 3. The van der Waals surface area contributed by atoms with Crippen molar-refractivity contribution in [1.29, 1.82) is 0 Å². The maximum absolute atomic E-state index is 6.15. The maximum atomic E-state index is 6.15. The second-order valence-corrected chi connectivity index (χ2v) is 9.04. The molecule has 3 aromatic carbocycles. The van der Waals surface area contributed by atoms with Crippen molar-refractivity contribution in [3.05, 3.63) is 95.7 Å². The Kier molecular flexibility index (Phi) is 6.23. The van der Waals surface area contributed by atoms with Gasteiger partial charge in [-0.05, 0) is 68.1 Å². The van der Waals surface area contributed by atoms with Crippen molar-refractivity contribution < 1.29 is 9.47 Å². The molecule has 176 valence electrons. The van der Waals surface area contributed by atoms with Crippen LogP contribution in [0.4, 0.5) is 0 Å². The molecule has 2 heterocycles. The average Bonchev–Trinajstić information content (AvgIpc) is 3.26. The Morgan fingerprint density at radius 1 is 0.886 bits per heavy atom. The Morgan fingerprint density at radius 3 is 2.40 bits per heavy atom. The van der Waals surface area contributed by atoms with Crippen LogP contribution in [0.2, 0.25) is 0 Å². The molecule has 0 saturated carbocycles. The molecular formula is C30H29N3O2. The number of hydrogen-bond acceptors (Lipinski definition) is 4. The van der Waals surface area contributed by atoms with E-state index in [4.69, 9.17) is 14.5 Å². The quantitative estimate of drug-likeness (QED) is 0.276. The summed E-state index contributed by atoms with van der Waals surface area (Å²) in [5.41, 5.74) is 8.27. The lowest BCUT2D eigenvalue weighted by molar-refractivity contribution is 0.240. The molecule has 0 bridgehead atoms. The zero-order valence-electron chi connectivity index (χ0n) is 20.5. The van der Waals surface area contributed by atoms with Crippen LogP contribution < -0.4 is 9.47 Å². The average molecular weight is 464 g/mol. The third-order valence-electron chi connectivity index (χ3n) is 5.93. The summed E-state index contributed by atoms with van der Waals surface area (Å²) in [6, 6.07) is 24.4. The highest BCUT2D eigenvalue weighted by Crippen LogP contribution is 2.35. The molecule has 0 spiro atoms. The van der Waals surface area contributed by atoms with Crippen LogP contribution in [0.25, 0.3) is 33.7 Å². The molecule has 0 aliphatic rings. The summed E-state index contributed by atoms with van der Waals surface area (Å²) < 4.78 is 12.2. The summed E-state index contributed by atoms with van der Waals surface area (Å²) in [7, 11) is 0. The van der Waals surface area contributed by atoms with Gasteiger partial charge in [-0.25, -0.2) is 9.97 Å². The molecule has 0 unspecified atom stereocenters. The molecule has 5 heteroatoms. The topological polar surface area (TPSA) is 60.0 Å². The van der Waals surface area contributed by atoms with Crippen molar-refractivity contribution >= 4 is 11.2 Å². The van der Waals surface area contributed by atoms with Crippen molar-refractivity contribution in [2.75, 3.05) is 0 Å². The number of imidazole rings is 1. The van der Waals surface area contributed by atoms with Gasteiger partial charge in [-0.1, -0.05) is 48.5 Å². The second kappa shape index (κ2) is 9.63. The molecule has 35 heavy (non-hydrogen) atoms. The van der Waals surface area contributed by atoms with Crippen LogP contribution in [-0.2, 0) is 6.61 Å². The van der Waals surface area contributed by atoms with Gasteiger partial charge in [-0.2, -0.15) is 0 Å². The molecule has 0 radical (unpaired) electrons. The maximum Gasteiger partial charge on any atom is 0.157 e. The predicted molar refractivity (Wildman–Crippen MR) is 141 cm³/mol. The molecule has 0 saturated heterocycles. The highest BCUT2D eigenvalue weighted by Gasteiger charge is 2.16. The third-order valence-corrected chi connectivity index (χ3v) is 5.93. The van der Waals surface area contributed by atoms with Crippen LogP contribution in [0.5, 0.6) is 11.5 Å². The second-order valence-electron chi connectivity index (χ2n) is 9.04. The van der Waals surface area contributed by atoms with Crippen LogP contribution in [0.1, 0.15) is 30.5 Å². The van der Waals surface area contributed by atoms with Gasteiger partial charge in [0.25, 0.3) is 0 Å². The predicted octanol–water partition coefficient (Wildman–Crippen LogP) is 7.27. The van der Waals surface area contributed by atoms with Crippen molar-refractivity contribution in [2.45, 2.75) is 40.4 Å². The molecule has 5 rings (SSSR count). The smallest absolute Gasteiger partial charge is 0.157 e. The number of hydrogen-bond donors (Lipinski definition) is 1. The number of pyridine rings is 1. The number of aromatic nitrogens is 3. The van der Waals surface area contributed by atoms with Crippen LogP contribution in [0, 0.1) is 13.8 Å². The van der Waals surface area contributed by atoms with E-state index in [1.807, 2.05) is 68.6 Å². The Bertz CT molecular complexity index is 1450. The van der Waals surface area contributed by atoms with E-state index in [1.54, 1.807) is 0 Å². The van der Waals surface area contributed by atoms with Gasteiger partial charge in [0, 0.05) is 17.8 Å². The minimum atomic E-state index is 0.0104. The van der Waals surface area contributed by atoms with E-state index in [0.717, 1.165) is 45.2 Å². The number of H-pyrrole nitrogens is 1. The lowest BCUT2D eigenvalue weighted by atomic mass is 9.97. The number of ether oxygens (including phenoxy) is 2. The summed E-state index contributed by atoms with van der Waals surface area (Å²) in [5.74, 6) is 2.19. The Hall–Kier alpha value is -4.12. The van der Waals surface area contributed by atoms with Gasteiger partial charge in [0.1, 0.15) is 29.4 Å². The molecule has 0 amide bonds. The van der Waals surface area contributed by atoms with Gasteiger partial charge < -0.3 is 14.5 Å². The number of aryl methyl sites for hydroxylation is 2. The number of rotatable bonds is 7. The molecule has 0 aliphatic carbocycles. The summed E-state index contributed by atoms with van der Waals surface area (Å²) in [4.78, 5) is 12.9. The molecule has 2 aromatic heterocycles. The lowest BCUT2D eigenvalue weighted by Crippen LogP contribution is -2.07. The summed E-state index contributed by atoms with van der Waals surface area (Å²) in [5, 5.41) is 0. The normalized spacial score (nSPS) is 11.2. The van der Waals surface area contributed by atoms with E-state index in [2.05, 4.69) is 48.1 Å². The van der Waals surface area contributed by atoms with Crippen LogP contribution >= 0.6 is 0 Å². The fraction of sp³-hybridized carbons (Fsp3) is 0.200. The number of aromatic amines is 1. The fourth-order valence-corrected chi connectivity index (χ4v) is 4.31. The van der Waals surface area contributed by atoms with Gasteiger partial charge in [0.2, 0.25) is 0 Å². The van der Waals surface area contributed by atoms with Crippen molar-refractivity contribution in [1.82, 2.24) is 15.0 Å². The van der Waals surface area contributed by atoms with E-state index in [0.29, 0.717) is 6.61 Å². The highest BCUT2D eigenvalue weighted by molar-refractivity contribution is 5.83. The first-order valence-electron chi connectivity index (χ1n) is 11.9. The molecule has 0 atom stereocenters. The van der Waals surface area contributed by atoms with Gasteiger partial charge in [0.05, 0.1) is 11.7 Å². The molecule has 0 aliphatic heterocycles. The van der Waals surface area contributed by atoms with Crippen LogP contribution in [-0.4, -0.2) is 21.1 Å². The first kappa shape index (κ1) is 22.7. The standard InChI is InChI=1S/C30H29N3O2/c1-19(2)35-27-16-24(34-18-22-11-6-5-7-12-22)13-14-25(27)29-32-26-15-23(17-31-30(26)33-29)28-20(3)9-8-10-21(28)4/h5-17,19H,18H2,1-4H3,(H,31,32,33). The molecule has 0 fully saturated rings. The highest BCUT2D eigenvalue weighted by atomic mass is 16.5. The third kappa shape index (κ3) is 4.90. The van der Waals surface area contributed by atoms with Gasteiger partial charge in [-0.3, -0.25) is 0 Å². The zero-order chi connectivity index (χ0) is 24.4. The van der Waals surface area contributed by atoms with Crippen LogP contribution in [0.3, 0.4) is 0 Å². The van der Waals surface area contributed by atoms with Crippen molar-refractivity contribution in [3.63, 3.8) is 0 Å². The van der Waals surface area contributed by atoms with E-state index < -0.39 is 0 Å². The van der Waals surface area contributed by atoms with Crippen molar-refractivity contribution in [3.8, 4) is 34.0 Å². The van der Waals surface area contributed by atoms with Crippen LogP contribution in [0.15, 0.2) is 79.0 Å². The van der Waals surface area contributed by atoms with E-state index in [1.165, 1.54) is 16.7 Å². The molecule has 5 nitrogen and oxygen atoms in total. The minimum Gasteiger partial charge on any atom is -0.490 e. The summed E-state index contributed by atoms with van der Waals surface area (Å²) in [6.07, 6.45) is 1.92. The largest absolute Gasteiger partial charge is 0.490 e. The van der Waals surface area contributed by atoms with Crippen molar-refractivity contribution in [2.24, 2.45) is 0 Å². The lowest BCUT2D eigenvalue weighted by Gasteiger charge is -2.15. The molecule has 5 aromatic rings. The number of fused-ring (bicyclic) bond motifs is 1. The molecule has 1 N–H and O–H groups in total. The minimum absolute atomic E-state index is 0.0104. The monoisotopic (exact) mass is 463 g/mol. The SMILES string of the molecule is Cc1cccc(C)c1-c1cnc2[nH]c(-c3ccc(OCc4ccccc4)cc3OC(C)C)nc2c1. The van der Waals surface area contributed by atoms with Gasteiger partial charge >= 0.3 is 0 Å². The Balaban J connectivity index is 1.49. The fourth-order valence-electron chi connectivity index (χ4n) is 4.31. The zero-order valence-corrected chi connectivity index (χ0v) is 20.5. The number of nitrogens with zero attached hydrogens (tertiary/aromatic N) is 2. The van der Waals surface area contributed by atoms with Gasteiger partial charge in [0.15, 0.2) is 5.65 Å². The summed E-state index contributed by atoms with van der Waals surface area (Å²) >= 11 is 0.